The van der Waals surface area contributed by atoms with Crippen molar-refractivity contribution < 1.29 is 5.11 Å². The van der Waals surface area contributed by atoms with E-state index < -0.39 is 0 Å². The van der Waals surface area contributed by atoms with Crippen LogP contribution in [-0.2, 0) is 0 Å². The molecule has 0 saturated heterocycles. The van der Waals surface area contributed by atoms with Crippen molar-refractivity contribution in [3.63, 3.8) is 0 Å². The highest BCUT2D eigenvalue weighted by Crippen LogP contribution is 2.64. The van der Waals surface area contributed by atoms with Gasteiger partial charge >= 0.3 is 0 Å². The van der Waals surface area contributed by atoms with Crippen molar-refractivity contribution in [1.29, 1.82) is 0 Å². The number of fused-ring (bicyclic) bond motifs is 5. The van der Waals surface area contributed by atoms with Gasteiger partial charge in [-0.25, -0.2) is 0 Å². The number of hydrazone groups is 1. The van der Waals surface area contributed by atoms with Crippen molar-refractivity contribution in [3.8, 4) is 0 Å². The standard InChI is InChI=1S/C19H30N2O/c1-18-9-7-13(22)11-12(18)3-4-14-15-5-6-17(21-20)19(15,2)10-8-16(14)18/h3,13-16,22H,4-11,20H2,1-2H3/b21-17+/t13-,14-,15-,16-,18+,19+/m1/s1. The number of aliphatic hydroxyl groups is 1. The van der Waals surface area contributed by atoms with E-state index >= 15 is 0 Å². The lowest BCUT2D eigenvalue weighted by atomic mass is 9.48. The molecule has 0 heterocycles. The van der Waals surface area contributed by atoms with Gasteiger partial charge in [-0.3, -0.25) is 0 Å². The van der Waals surface area contributed by atoms with Gasteiger partial charge in [-0.05, 0) is 74.5 Å². The Balaban J connectivity index is 1.69. The fourth-order valence-corrected chi connectivity index (χ4v) is 6.64. The fourth-order valence-electron chi connectivity index (χ4n) is 6.64. The molecule has 0 unspecified atom stereocenters. The highest BCUT2D eigenvalue weighted by Gasteiger charge is 2.57. The van der Waals surface area contributed by atoms with Crippen molar-refractivity contribution in [2.75, 3.05) is 0 Å². The summed E-state index contributed by atoms with van der Waals surface area (Å²) in [5.41, 5.74) is 3.43. The van der Waals surface area contributed by atoms with Gasteiger partial charge in [0.15, 0.2) is 0 Å². The SMILES string of the molecule is C[C@]12CC[C@@H](O)CC1=CC[C@H]1[C@H]2CC[C@]2(C)/C(=N/N)CC[C@H]12. The summed E-state index contributed by atoms with van der Waals surface area (Å²) < 4.78 is 0. The Hall–Kier alpha value is -0.830. The summed E-state index contributed by atoms with van der Waals surface area (Å²) in [5.74, 6) is 8.04. The Morgan fingerprint density at radius 1 is 1.14 bits per heavy atom. The predicted molar refractivity (Wildman–Crippen MR) is 89.3 cm³/mol. The van der Waals surface area contributed by atoms with Crippen LogP contribution in [0.5, 0.6) is 0 Å². The summed E-state index contributed by atoms with van der Waals surface area (Å²) in [6.45, 7) is 4.90. The van der Waals surface area contributed by atoms with Crippen LogP contribution in [-0.4, -0.2) is 16.9 Å². The molecule has 22 heavy (non-hydrogen) atoms. The molecule has 3 nitrogen and oxygen atoms in total. The molecule has 4 aliphatic carbocycles. The normalized spacial score (nSPS) is 52.7. The van der Waals surface area contributed by atoms with E-state index in [0.29, 0.717) is 5.41 Å². The summed E-state index contributed by atoms with van der Waals surface area (Å²) in [7, 11) is 0. The van der Waals surface area contributed by atoms with Crippen LogP contribution >= 0.6 is 0 Å². The van der Waals surface area contributed by atoms with Crippen LogP contribution < -0.4 is 5.84 Å². The van der Waals surface area contributed by atoms with E-state index in [0.717, 1.165) is 37.0 Å². The molecule has 3 fully saturated rings. The first kappa shape index (κ1) is 14.7. The first-order valence-corrected chi connectivity index (χ1v) is 9.14. The Morgan fingerprint density at radius 2 is 1.86 bits per heavy atom. The molecule has 3 heteroatoms. The largest absolute Gasteiger partial charge is 0.393 e. The van der Waals surface area contributed by atoms with Crippen LogP contribution in [0.15, 0.2) is 16.8 Å². The van der Waals surface area contributed by atoms with Crippen molar-refractivity contribution in [2.45, 2.75) is 71.3 Å². The van der Waals surface area contributed by atoms with Crippen LogP contribution in [0.25, 0.3) is 0 Å². The fraction of sp³-hybridized carbons (Fsp3) is 0.842. The van der Waals surface area contributed by atoms with Crippen LogP contribution in [0.1, 0.15) is 65.2 Å². The number of hydrogen-bond donors (Lipinski definition) is 2. The third kappa shape index (κ3) is 1.81. The molecule has 0 aromatic carbocycles. The lowest BCUT2D eigenvalue weighted by Gasteiger charge is -2.57. The maximum atomic E-state index is 10.0. The maximum Gasteiger partial charge on any atom is 0.0577 e. The van der Waals surface area contributed by atoms with E-state index in [1.165, 1.54) is 37.8 Å². The first-order chi connectivity index (χ1) is 10.5. The van der Waals surface area contributed by atoms with Gasteiger partial charge in [0.2, 0.25) is 0 Å². The third-order valence-electron chi connectivity index (χ3n) is 7.97. The Kier molecular flexibility index (Phi) is 3.24. The molecule has 122 valence electrons. The number of hydrogen-bond acceptors (Lipinski definition) is 3. The van der Waals surface area contributed by atoms with Crippen LogP contribution in [0.3, 0.4) is 0 Å². The maximum absolute atomic E-state index is 10.0. The predicted octanol–water partition coefficient (Wildman–Crippen LogP) is 3.62. The van der Waals surface area contributed by atoms with Gasteiger partial charge in [0, 0.05) is 11.1 Å². The quantitative estimate of drug-likeness (QED) is 0.408. The van der Waals surface area contributed by atoms with Gasteiger partial charge in [0.25, 0.3) is 0 Å². The van der Waals surface area contributed by atoms with Crippen molar-refractivity contribution >= 4 is 5.71 Å². The number of nitrogens with two attached hydrogens (primary N) is 1. The van der Waals surface area contributed by atoms with E-state index in [9.17, 15) is 5.11 Å². The van der Waals surface area contributed by atoms with Gasteiger partial charge < -0.3 is 10.9 Å². The average Bonchev–Trinajstić information content (AvgIpc) is 2.84. The van der Waals surface area contributed by atoms with Gasteiger partial charge in [-0.15, -0.1) is 0 Å². The molecule has 0 aromatic heterocycles. The summed E-state index contributed by atoms with van der Waals surface area (Å²) >= 11 is 0. The van der Waals surface area contributed by atoms with Gasteiger partial charge in [-0.2, -0.15) is 5.10 Å². The molecule has 0 radical (unpaired) electrons. The summed E-state index contributed by atoms with van der Waals surface area (Å²) in [5, 5.41) is 14.2. The van der Waals surface area contributed by atoms with E-state index in [2.05, 4.69) is 25.0 Å². The zero-order chi connectivity index (χ0) is 15.5. The Morgan fingerprint density at radius 3 is 2.64 bits per heavy atom. The first-order valence-electron chi connectivity index (χ1n) is 9.14. The zero-order valence-corrected chi connectivity index (χ0v) is 14.0. The summed E-state index contributed by atoms with van der Waals surface area (Å²) in [4.78, 5) is 0. The molecular weight excluding hydrogens is 272 g/mol. The minimum absolute atomic E-state index is 0.104. The van der Waals surface area contributed by atoms with E-state index in [1.54, 1.807) is 5.57 Å². The molecule has 0 bridgehead atoms. The van der Waals surface area contributed by atoms with Gasteiger partial charge in [0.05, 0.1) is 6.10 Å². The monoisotopic (exact) mass is 302 g/mol. The Labute approximate surface area is 134 Å². The average molecular weight is 302 g/mol. The van der Waals surface area contributed by atoms with Crippen molar-refractivity contribution in [1.82, 2.24) is 0 Å². The number of allylic oxidation sites excluding steroid dienone is 1. The number of aliphatic hydroxyl groups excluding tert-OH is 1. The highest BCUT2D eigenvalue weighted by molar-refractivity contribution is 5.92. The number of nitrogens with zero attached hydrogens (tertiary/aromatic N) is 1. The minimum atomic E-state index is -0.104. The molecule has 4 rings (SSSR count). The van der Waals surface area contributed by atoms with Crippen molar-refractivity contribution in [3.05, 3.63) is 11.6 Å². The summed E-state index contributed by atoms with van der Waals surface area (Å²) in [6, 6.07) is 0. The van der Waals surface area contributed by atoms with Gasteiger partial charge in [-0.1, -0.05) is 25.5 Å². The molecule has 0 amide bonds. The zero-order valence-electron chi connectivity index (χ0n) is 14.0. The molecule has 0 aromatic rings. The van der Waals surface area contributed by atoms with Crippen LogP contribution in [0, 0.1) is 28.6 Å². The highest BCUT2D eigenvalue weighted by atomic mass is 16.3. The van der Waals surface area contributed by atoms with E-state index in [4.69, 9.17) is 5.84 Å². The van der Waals surface area contributed by atoms with Gasteiger partial charge in [0.1, 0.15) is 0 Å². The minimum Gasteiger partial charge on any atom is -0.393 e. The second kappa shape index (κ2) is 4.83. The molecule has 3 N–H and O–H groups in total. The Bertz CT molecular complexity index is 540. The molecule has 3 saturated carbocycles. The number of rotatable bonds is 0. The van der Waals surface area contributed by atoms with Crippen molar-refractivity contribution in [2.24, 2.45) is 39.5 Å². The van der Waals surface area contributed by atoms with Crippen LogP contribution in [0.4, 0.5) is 0 Å². The topological polar surface area (TPSA) is 58.6 Å². The summed E-state index contributed by atoms with van der Waals surface area (Å²) in [6.07, 6.45) is 11.6. The smallest absolute Gasteiger partial charge is 0.0577 e. The third-order valence-corrected chi connectivity index (χ3v) is 7.97. The molecule has 0 spiro atoms. The van der Waals surface area contributed by atoms with E-state index in [-0.39, 0.29) is 11.5 Å². The molecular formula is C19H30N2O. The van der Waals surface area contributed by atoms with E-state index in [1.807, 2.05) is 0 Å². The lowest BCUT2D eigenvalue weighted by molar-refractivity contribution is -0.0209. The molecule has 6 atom stereocenters. The molecule has 0 aliphatic heterocycles. The second-order valence-electron chi connectivity index (χ2n) is 8.73. The van der Waals surface area contributed by atoms with Crippen LogP contribution in [0.2, 0.25) is 0 Å². The second-order valence-corrected chi connectivity index (χ2v) is 8.73. The molecule has 4 aliphatic rings. The lowest BCUT2D eigenvalue weighted by Crippen LogP contribution is -2.50.